The van der Waals surface area contributed by atoms with Gasteiger partial charge in [-0.05, 0) is 18.0 Å². The Kier molecular flexibility index (Phi) is 3.15. The molecule has 2 aromatic heterocycles. The fourth-order valence-electron chi connectivity index (χ4n) is 1.35. The molecule has 0 unspecified atom stereocenters. The highest BCUT2D eigenvalue weighted by Gasteiger charge is 1.99. The van der Waals surface area contributed by atoms with Gasteiger partial charge in [-0.2, -0.15) is 5.10 Å². The highest BCUT2D eigenvalue weighted by Crippen LogP contribution is 2.09. The molecule has 0 aliphatic heterocycles. The van der Waals surface area contributed by atoms with Crippen LogP contribution >= 0.6 is 0 Å². The average molecular weight is 214 g/mol. The van der Waals surface area contributed by atoms with Crippen LogP contribution in [0.25, 0.3) is 22.2 Å². The maximum atomic E-state index is 8.10. The van der Waals surface area contributed by atoms with Gasteiger partial charge in [0.15, 0.2) is 5.65 Å². The fourth-order valence-corrected chi connectivity index (χ4v) is 1.35. The van der Waals surface area contributed by atoms with E-state index in [1.165, 1.54) is 0 Å². The van der Waals surface area contributed by atoms with E-state index in [-0.39, 0.29) is 0 Å². The van der Waals surface area contributed by atoms with Crippen molar-refractivity contribution in [3.05, 3.63) is 46.7 Å². The van der Waals surface area contributed by atoms with Crippen LogP contribution in [-0.4, -0.2) is 21.1 Å². The molecule has 2 rings (SSSR count). The Morgan fingerprint density at radius 2 is 2.50 bits per heavy atom. The van der Waals surface area contributed by atoms with E-state index in [2.05, 4.69) is 20.1 Å². The second-order valence-corrected chi connectivity index (χ2v) is 3.13. The summed E-state index contributed by atoms with van der Waals surface area (Å²) in [6.07, 6.45) is 9.93. The summed E-state index contributed by atoms with van der Waals surface area (Å²) < 4.78 is 1.72. The third-order valence-electron chi connectivity index (χ3n) is 2.06. The van der Waals surface area contributed by atoms with Gasteiger partial charge in [-0.3, -0.25) is 0 Å². The van der Waals surface area contributed by atoms with Crippen molar-refractivity contribution < 1.29 is 0 Å². The Labute approximate surface area is 91.9 Å². The standard InChI is InChI=1S/C10H10N6/c11-15-13-6-2-1-4-9-8-14-16-7-3-5-12-10(9)16/h1,3-5,7-8H,2,6H2. The number of fused-ring (bicyclic) bond motifs is 1. The Morgan fingerprint density at radius 3 is 3.38 bits per heavy atom. The number of rotatable bonds is 4. The quantitative estimate of drug-likeness (QED) is 0.339. The summed E-state index contributed by atoms with van der Waals surface area (Å²) in [6.45, 7) is 0.472. The lowest BCUT2D eigenvalue weighted by molar-refractivity contribution is 0.939. The molecule has 0 radical (unpaired) electrons. The maximum Gasteiger partial charge on any atom is 0.162 e. The molecule has 16 heavy (non-hydrogen) atoms. The van der Waals surface area contributed by atoms with E-state index < -0.39 is 0 Å². The third kappa shape index (κ3) is 2.18. The summed E-state index contributed by atoms with van der Waals surface area (Å²) in [5, 5.41) is 7.60. The Bertz CT molecular complexity index is 549. The van der Waals surface area contributed by atoms with E-state index in [1.54, 1.807) is 16.9 Å². The maximum absolute atomic E-state index is 8.10. The van der Waals surface area contributed by atoms with Crippen LogP contribution in [0.2, 0.25) is 0 Å². The minimum atomic E-state index is 0.472. The smallest absolute Gasteiger partial charge is 0.162 e. The molecule has 0 atom stereocenters. The lowest BCUT2D eigenvalue weighted by Gasteiger charge is -1.90. The number of azide groups is 1. The van der Waals surface area contributed by atoms with Gasteiger partial charge in [0.25, 0.3) is 0 Å². The van der Waals surface area contributed by atoms with Gasteiger partial charge in [0.2, 0.25) is 0 Å². The number of nitrogens with zero attached hydrogens (tertiary/aromatic N) is 6. The molecular weight excluding hydrogens is 204 g/mol. The van der Waals surface area contributed by atoms with Crippen molar-refractivity contribution in [2.45, 2.75) is 6.42 Å². The van der Waals surface area contributed by atoms with Crippen molar-refractivity contribution in [3.63, 3.8) is 0 Å². The SMILES string of the molecule is [N-]=[N+]=NCCC=Cc1cnn2cccnc12. The molecule has 0 saturated carbocycles. The molecule has 0 aromatic carbocycles. The molecule has 2 aromatic rings. The van der Waals surface area contributed by atoms with Gasteiger partial charge in [0.05, 0.1) is 6.20 Å². The molecule has 80 valence electrons. The van der Waals surface area contributed by atoms with Gasteiger partial charge in [-0.15, -0.1) is 0 Å². The number of hydrogen-bond acceptors (Lipinski definition) is 3. The largest absolute Gasteiger partial charge is 0.236 e. The van der Waals surface area contributed by atoms with Crippen LogP contribution in [0.1, 0.15) is 12.0 Å². The molecule has 0 spiro atoms. The minimum absolute atomic E-state index is 0.472. The third-order valence-corrected chi connectivity index (χ3v) is 2.06. The van der Waals surface area contributed by atoms with Crippen molar-refractivity contribution in [1.29, 1.82) is 0 Å². The summed E-state index contributed by atoms with van der Waals surface area (Å²) in [6, 6.07) is 1.83. The molecule has 6 heteroatoms. The first-order chi connectivity index (χ1) is 7.92. The summed E-state index contributed by atoms with van der Waals surface area (Å²) in [7, 11) is 0. The monoisotopic (exact) mass is 214 g/mol. The molecule has 0 bridgehead atoms. The van der Waals surface area contributed by atoms with Gasteiger partial charge >= 0.3 is 0 Å². The van der Waals surface area contributed by atoms with Gasteiger partial charge in [0, 0.05) is 29.4 Å². The predicted octanol–water partition coefficient (Wildman–Crippen LogP) is 2.44. The number of hydrogen-bond donors (Lipinski definition) is 0. The first-order valence-electron chi connectivity index (χ1n) is 4.87. The topological polar surface area (TPSA) is 79.0 Å². The fraction of sp³-hybridized carbons (Fsp3) is 0.200. The van der Waals surface area contributed by atoms with Crippen LogP contribution in [0.5, 0.6) is 0 Å². The predicted molar refractivity (Wildman–Crippen MR) is 60.7 cm³/mol. The molecule has 0 N–H and O–H groups in total. The van der Waals surface area contributed by atoms with Crippen molar-refractivity contribution >= 4 is 11.7 Å². The van der Waals surface area contributed by atoms with E-state index >= 15 is 0 Å². The second kappa shape index (κ2) is 4.95. The zero-order chi connectivity index (χ0) is 11.2. The van der Waals surface area contributed by atoms with Crippen LogP contribution in [0.4, 0.5) is 0 Å². The van der Waals surface area contributed by atoms with Crippen LogP contribution < -0.4 is 0 Å². The van der Waals surface area contributed by atoms with Crippen molar-refractivity contribution in [1.82, 2.24) is 14.6 Å². The van der Waals surface area contributed by atoms with E-state index in [0.29, 0.717) is 13.0 Å². The van der Waals surface area contributed by atoms with Gasteiger partial charge in [0.1, 0.15) is 0 Å². The van der Waals surface area contributed by atoms with Crippen LogP contribution in [0.3, 0.4) is 0 Å². The summed E-state index contributed by atoms with van der Waals surface area (Å²) >= 11 is 0. The summed E-state index contributed by atoms with van der Waals surface area (Å²) in [5.41, 5.74) is 9.88. The molecule has 0 fully saturated rings. The first-order valence-corrected chi connectivity index (χ1v) is 4.87. The molecule has 6 nitrogen and oxygen atoms in total. The normalized spacial score (nSPS) is 10.8. The molecule has 0 aliphatic rings. The van der Waals surface area contributed by atoms with Crippen molar-refractivity contribution in [2.24, 2.45) is 5.11 Å². The molecular formula is C10H10N6. The van der Waals surface area contributed by atoms with Crippen molar-refractivity contribution in [3.8, 4) is 0 Å². The Hall–Kier alpha value is -2.33. The summed E-state index contributed by atoms with van der Waals surface area (Å²) in [5.74, 6) is 0. The molecule has 0 saturated heterocycles. The first kappa shape index (κ1) is 10.2. The van der Waals surface area contributed by atoms with E-state index in [1.807, 2.05) is 24.4 Å². The van der Waals surface area contributed by atoms with E-state index in [9.17, 15) is 0 Å². The lowest BCUT2D eigenvalue weighted by Crippen LogP contribution is -1.87. The van der Waals surface area contributed by atoms with Crippen LogP contribution in [0, 0.1) is 0 Å². The van der Waals surface area contributed by atoms with Crippen LogP contribution in [0.15, 0.2) is 35.8 Å². The lowest BCUT2D eigenvalue weighted by atomic mass is 10.3. The molecule has 0 amide bonds. The van der Waals surface area contributed by atoms with E-state index in [4.69, 9.17) is 5.53 Å². The van der Waals surface area contributed by atoms with Crippen LogP contribution in [-0.2, 0) is 0 Å². The highest BCUT2D eigenvalue weighted by molar-refractivity contribution is 5.64. The molecule has 0 aliphatic carbocycles. The Morgan fingerprint density at radius 1 is 1.56 bits per heavy atom. The molecule has 2 heterocycles. The van der Waals surface area contributed by atoms with E-state index in [0.717, 1.165) is 11.2 Å². The second-order valence-electron chi connectivity index (χ2n) is 3.13. The zero-order valence-electron chi connectivity index (χ0n) is 8.56. The Balaban J connectivity index is 2.12. The number of aromatic nitrogens is 3. The van der Waals surface area contributed by atoms with Gasteiger partial charge in [-0.1, -0.05) is 17.3 Å². The minimum Gasteiger partial charge on any atom is -0.236 e. The average Bonchev–Trinajstić information content (AvgIpc) is 2.73. The van der Waals surface area contributed by atoms with Gasteiger partial charge < -0.3 is 0 Å². The highest BCUT2D eigenvalue weighted by atomic mass is 15.2. The van der Waals surface area contributed by atoms with Gasteiger partial charge in [-0.25, -0.2) is 9.50 Å². The zero-order valence-corrected chi connectivity index (χ0v) is 8.56. The summed E-state index contributed by atoms with van der Waals surface area (Å²) in [4.78, 5) is 6.91. The van der Waals surface area contributed by atoms with Crippen molar-refractivity contribution in [2.75, 3.05) is 6.54 Å².